The summed E-state index contributed by atoms with van der Waals surface area (Å²) in [5.74, 6) is 0.201. The van der Waals surface area contributed by atoms with Gasteiger partial charge in [-0.3, -0.25) is 14.4 Å². The van der Waals surface area contributed by atoms with Gasteiger partial charge in [0.25, 0.3) is 5.91 Å². The Hall–Kier alpha value is -4.64. The molecule has 0 fully saturated rings. The minimum absolute atomic E-state index is 0.0186. The number of benzene rings is 3. The maximum absolute atomic E-state index is 13.0. The van der Waals surface area contributed by atoms with Crippen LogP contribution in [0, 0.1) is 6.92 Å². The number of carbonyl (C=O) groups excluding carboxylic acids is 3. The summed E-state index contributed by atoms with van der Waals surface area (Å²) in [6.07, 6.45) is 2.90. The maximum Gasteiger partial charge on any atom is 0.251 e. The van der Waals surface area contributed by atoms with Crippen molar-refractivity contribution < 1.29 is 23.9 Å². The minimum atomic E-state index is -0.455. The molecule has 10 nitrogen and oxygen atoms in total. The van der Waals surface area contributed by atoms with Gasteiger partial charge in [-0.25, -0.2) is 4.98 Å². The van der Waals surface area contributed by atoms with Gasteiger partial charge in [0.1, 0.15) is 30.2 Å². The van der Waals surface area contributed by atoms with Gasteiger partial charge in [-0.05, 0) is 69.1 Å². The summed E-state index contributed by atoms with van der Waals surface area (Å²) < 4.78 is 12.3. The highest BCUT2D eigenvalue weighted by Crippen LogP contribution is 2.36. The Morgan fingerprint density at radius 3 is 2.40 bits per heavy atom. The number of aromatic nitrogens is 1. The zero-order valence-corrected chi connectivity index (χ0v) is 28.4. The van der Waals surface area contributed by atoms with Crippen molar-refractivity contribution in [3.63, 3.8) is 0 Å². The Balaban J connectivity index is 1.42. The van der Waals surface area contributed by atoms with E-state index in [1.165, 1.54) is 11.0 Å². The topological polar surface area (TPSA) is 113 Å². The van der Waals surface area contributed by atoms with Gasteiger partial charge in [-0.2, -0.15) is 0 Å². The first-order valence-electron chi connectivity index (χ1n) is 14.8. The molecule has 0 aliphatic rings. The second-order valence-electron chi connectivity index (χ2n) is 10.9. The number of hydrogen-bond donors (Lipinski definition) is 2. The van der Waals surface area contributed by atoms with Gasteiger partial charge in [0.2, 0.25) is 11.8 Å². The predicted molar refractivity (Wildman–Crippen MR) is 187 cm³/mol. The van der Waals surface area contributed by atoms with E-state index in [4.69, 9.17) is 37.7 Å². The van der Waals surface area contributed by atoms with Crippen LogP contribution in [0.25, 0.3) is 17.0 Å². The summed E-state index contributed by atoms with van der Waals surface area (Å²) in [6.45, 7) is 2.94. The molecule has 4 aromatic rings. The van der Waals surface area contributed by atoms with Crippen molar-refractivity contribution in [1.29, 1.82) is 0 Å². The van der Waals surface area contributed by atoms with Crippen molar-refractivity contribution in [2.24, 2.45) is 0 Å². The van der Waals surface area contributed by atoms with E-state index in [1.807, 2.05) is 50.2 Å². The average Bonchev–Trinajstić information content (AvgIpc) is 3.05. The fraction of sp³-hybridized carbons (Fsp3) is 0.257. The molecule has 246 valence electrons. The van der Waals surface area contributed by atoms with E-state index in [0.717, 1.165) is 28.9 Å². The molecule has 0 spiro atoms. The molecule has 3 amide bonds. The largest absolute Gasteiger partial charge is 0.491 e. The smallest absolute Gasteiger partial charge is 0.251 e. The monoisotopic (exact) mass is 677 g/mol. The fourth-order valence-electron chi connectivity index (χ4n) is 4.55. The molecule has 0 bridgehead atoms. The van der Waals surface area contributed by atoms with Gasteiger partial charge in [-0.1, -0.05) is 41.4 Å². The molecule has 4 rings (SSSR count). The molecule has 0 saturated carbocycles. The van der Waals surface area contributed by atoms with Crippen LogP contribution in [0.5, 0.6) is 11.5 Å². The first-order chi connectivity index (χ1) is 22.5. The Morgan fingerprint density at radius 2 is 1.70 bits per heavy atom. The molecule has 1 aromatic heterocycles. The number of aryl methyl sites for hydroxylation is 1. The van der Waals surface area contributed by atoms with Crippen LogP contribution in [0.2, 0.25) is 10.0 Å². The number of pyridine rings is 1. The quantitative estimate of drug-likeness (QED) is 0.179. The van der Waals surface area contributed by atoms with Crippen molar-refractivity contribution in [3.8, 4) is 11.5 Å². The predicted octanol–water partition coefficient (Wildman–Crippen LogP) is 5.52. The normalized spacial score (nSPS) is 11.1. The molecule has 0 radical (unpaired) electrons. The Kier molecular flexibility index (Phi) is 12.2. The number of halogens is 2. The molecule has 1 heterocycles. The number of likely N-dealkylation sites (N-methyl/N-ethyl adjacent to an activating group) is 2. The third kappa shape index (κ3) is 9.22. The number of rotatable bonds is 13. The number of nitrogens with zero attached hydrogens (tertiary/aromatic N) is 3. The maximum atomic E-state index is 13.0. The highest BCUT2D eigenvalue weighted by atomic mass is 35.5. The number of hydrogen-bond acceptors (Lipinski definition) is 7. The molecule has 0 unspecified atom stereocenters. The van der Waals surface area contributed by atoms with Crippen molar-refractivity contribution in [2.45, 2.75) is 13.5 Å². The number of ether oxygens (including phenoxy) is 2. The van der Waals surface area contributed by atoms with Crippen LogP contribution in [-0.4, -0.2) is 75.5 Å². The third-order valence-corrected chi connectivity index (χ3v) is 7.98. The van der Waals surface area contributed by atoms with Gasteiger partial charge >= 0.3 is 0 Å². The SMILES string of the molecule is CNC(=O)c1ccc(/C=C/C(=O)NCC(=O)N(C)c2ccc(Cl)c(COc3cccc4c(OCCN(C)C)cc(C)nc34)c2Cl)cc1. The van der Waals surface area contributed by atoms with Gasteiger partial charge in [0, 0.05) is 60.0 Å². The van der Waals surface area contributed by atoms with Crippen molar-refractivity contribution in [1.82, 2.24) is 20.5 Å². The molecular weight excluding hydrogens is 641 g/mol. The van der Waals surface area contributed by atoms with E-state index in [-0.39, 0.29) is 24.1 Å². The second kappa shape index (κ2) is 16.3. The summed E-state index contributed by atoms with van der Waals surface area (Å²) in [6, 6.07) is 17.5. The first kappa shape index (κ1) is 35.2. The van der Waals surface area contributed by atoms with Gasteiger partial charge in [-0.15, -0.1) is 0 Å². The van der Waals surface area contributed by atoms with Crippen LogP contribution in [0.15, 0.2) is 66.7 Å². The van der Waals surface area contributed by atoms with Crippen LogP contribution in [-0.2, 0) is 16.2 Å². The lowest BCUT2D eigenvalue weighted by atomic mass is 10.1. The van der Waals surface area contributed by atoms with Crippen LogP contribution in [0.4, 0.5) is 5.69 Å². The molecule has 0 atom stereocenters. The second-order valence-corrected chi connectivity index (χ2v) is 11.7. The fourth-order valence-corrected chi connectivity index (χ4v) is 5.16. The number of fused-ring (bicyclic) bond motifs is 1. The molecule has 47 heavy (non-hydrogen) atoms. The van der Waals surface area contributed by atoms with E-state index in [2.05, 4.69) is 10.6 Å². The summed E-state index contributed by atoms with van der Waals surface area (Å²) in [4.78, 5) is 45.2. The van der Waals surface area contributed by atoms with Gasteiger partial charge < -0.3 is 29.9 Å². The van der Waals surface area contributed by atoms with E-state index < -0.39 is 11.8 Å². The van der Waals surface area contributed by atoms with Crippen LogP contribution < -0.4 is 25.0 Å². The number of anilines is 1. The number of carbonyl (C=O) groups is 3. The molecule has 0 aliphatic heterocycles. The standard InChI is InChI=1S/C35H37Cl2N5O5/c1-22-19-30(46-18-17-41(3)4)25-7-6-8-29(34(25)40-22)47-21-26-27(36)14-15-28(33(26)37)42(5)32(44)20-39-31(43)16-11-23-9-12-24(13-10-23)35(45)38-2/h6-16,19H,17-18,20-21H2,1-5H3,(H,38,45)(H,39,43)/b16-11+. The van der Waals surface area contributed by atoms with Crippen LogP contribution in [0.1, 0.15) is 27.2 Å². The van der Waals surface area contributed by atoms with E-state index in [0.29, 0.717) is 39.7 Å². The Bertz CT molecular complexity index is 1790. The van der Waals surface area contributed by atoms with Crippen molar-refractivity contribution in [2.75, 3.05) is 52.8 Å². The van der Waals surface area contributed by atoms with Crippen molar-refractivity contribution in [3.05, 3.63) is 99.2 Å². The van der Waals surface area contributed by atoms with E-state index >= 15 is 0 Å². The highest BCUT2D eigenvalue weighted by molar-refractivity contribution is 6.38. The third-order valence-electron chi connectivity index (χ3n) is 7.20. The van der Waals surface area contributed by atoms with Gasteiger partial charge in [0.15, 0.2) is 0 Å². The highest BCUT2D eigenvalue weighted by Gasteiger charge is 2.20. The lowest BCUT2D eigenvalue weighted by Crippen LogP contribution is -2.37. The Morgan fingerprint density at radius 1 is 0.957 bits per heavy atom. The average molecular weight is 679 g/mol. The number of nitrogens with one attached hydrogen (secondary N) is 2. The van der Waals surface area contributed by atoms with Gasteiger partial charge in [0.05, 0.1) is 17.3 Å². The van der Waals surface area contributed by atoms with Crippen LogP contribution in [0.3, 0.4) is 0 Å². The van der Waals surface area contributed by atoms with Crippen molar-refractivity contribution >= 4 is 63.6 Å². The molecule has 2 N–H and O–H groups in total. The summed E-state index contributed by atoms with van der Waals surface area (Å²) in [7, 11) is 7.09. The molecule has 0 saturated heterocycles. The zero-order chi connectivity index (χ0) is 34.1. The molecule has 0 aliphatic carbocycles. The lowest BCUT2D eigenvalue weighted by Gasteiger charge is -2.21. The number of amides is 3. The summed E-state index contributed by atoms with van der Waals surface area (Å²) in [5, 5.41) is 6.58. The summed E-state index contributed by atoms with van der Waals surface area (Å²) in [5.41, 5.74) is 3.56. The molecular formula is C35H37Cl2N5O5. The molecule has 3 aromatic carbocycles. The van der Waals surface area contributed by atoms with E-state index in [9.17, 15) is 14.4 Å². The zero-order valence-electron chi connectivity index (χ0n) is 26.9. The molecule has 12 heteroatoms. The lowest BCUT2D eigenvalue weighted by molar-refractivity contribution is -0.122. The van der Waals surface area contributed by atoms with E-state index in [1.54, 1.807) is 56.6 Å². The van der Waals surface area contributed by atoms with Crippen LogP contribution >= 0.6 is 23.2 Å². The summed E-state index contributed by atoms with van der Waals surface area (Å²) >= 11 is 13.3. The Labute approximate surface area is 284 Å². The first-order valence-corrected chi connectivity index (χ1v) is 15.6. The number of para-hydroxylation sites is 1. The minimum Gasteiger partial charge on any atom is -0.491 e.